The Kier molecular flexibility index (Phi) is 12.2. The van der Waals surface area contributed by atoms with Gasteiger partial charge in [0, 0.05) is 25.6 Å². The second kappa shape index (κ2) is 16.5. The Balaban J connectivity index is 1.42. The highest BCUT2D eigenvalue weighted by molar-refractivity contribution is 6.30. The number of tetrazole rings is 1. The van der Waals surface area contributed by atoms with Crippen molar-refractivity contribution in [2.45, 2.75) is 65.3 Å². The van der Waals surface area contributed by atoms with E-state index in [0.29, 0.717) is 37.0 Å². The third-order valence-corrected chi connectivity index (χ3v) is 7.19. The molecule has 0 saturated heterocycles. The number of imidazole rings is 1. The molecule has 0 fully saturated rings. The molecule has 0 aliphatic rings. The largest absolute Gasteiger partial charge is 0.510 e. The summed E-state index contributed by atoms with van der Waals surface area (Å²) in [6, 6.07) is 15.9. The Hall–Kier alpha value is -4.56. The number of aromatic nitrogens is 6. The van der Waals surface area contributed by atoms with Gasteiger partial charge < -0.3 is 23.6 Å². The van der Waals surface area contributed by atoms with E-state index in [4.69, 9.17) is 25.8 Å². The number of ether oxygens (including phenoxy) is 3. The van der Waals surface area contributed by atoms with Gasteiger partial charge in [-0.15, -0.1) is 25.1 Å². The zero-order chi connectivity index (χ0) is 32.2. The van der Waals surface area contributed by atoms with Crippen LogP contribution in [0.2, 0.25) is 5.15 Å². The van der Waals surface area contributed by atoms with Gasteiger partial charge in [-0.05, 0) is 48.1 Å². The van der Waals surface area contributed by atoms with Crippen molar-refractivity contribution in [1.82, 2.24) is 29.8 Å². The summed E-state index contributed by atoms with van der Waals surface area (Å²) in [5.74, 6) is 1.31. The number of carbonyl (C=O) groups is 1. The molecule has 4 aromatic rings. The fourth-order valence-corrected chi connectivity index (χ4v) is 4.85. The van der Waals surface area contributed by atoms with Crippen molar-refractivity contribution in [2.75, 3.05) is 20.3 Å². The normalized spacial score (nSPS) is 11.7. The Bertz CT molecular complexity index is 1560. The second-order valence-corrected chi connectivity index (χ2v) is 10.5. The van der Waals surface area contributed by atoms with Gasteiger partial charge in [0.25, 0.3) is 5.09 Å². The lowest BCUT2D eigenvalue weighted by molar-refractivity contribution is -0.757. The number of hydrogen-bond donors (Lipinski definition) is 0. The van der Waals surface area contributed by atoms with Crippen molar-refractivity contribution < 1.29 is 28.9 Å². The molecule has 15 heteroatoms. The molecule has 2 aromatic carbocycles. The number of carbonyl (C=O) groups excluding carboxylic acids is 1. The minimum absolute atomic E-state index is 0.0270. The van der Waals surface area contributed by atoms with Crippen LogP contribution in [0.15, 0.2) is 48.5 Å². The van der Waals surface area contributed by atoms with Crippen LogP contribution in [0.3, 0.4) is 0 Å². The Labute approximate surface area is 265 Å². The molecule has 45 heavy (non-hydrogen) atoms. The maximum atomic E-state index is 12.1. The van der Waals surface area contributed by atoms with E-state index in [2.05, 4.69) is 48.9 Å². The van der Waals surface area contributed by atoms with Crippen LogP contribution in [0, 0.1) is 10.1 Å². The van der Waals surface area contributed by atoms with Gasteiger partial charge in [-0.1, -0.05) is 73.5 Å². The Morgan fingerprint density at radius 2 is 1.80 bits per heavy atom. The summed E-state index contributed by atoms with van der Waals surface area (Å²) in [5, 5.41) is 22.5. The van der Waals surface area contributed by atoms with Crippen LogP contribution in [0.25, 0.3) is 22.5 Å². The molecule has 1 unspecified atom stereocenters. The SMILES string of the molecule is CCCCc1nc(Cl)c(COC)n1Cc1ccc(-c2ccccc2-c2nnn(C(C)OC(=O)OCCCCO[N+](=O)[O-])n2)cc1. The molecular weight excluding hydrogens is 606 g/mol. The van der Waals surface area contributed by atoms with Gasteiger partial charge in [0.15, 0.2) is 5.15 Å². The van der Waals surface area contributed by atoms with Crippen molar-refractivity contribution in [3.8, 4) is 22.5 Å². The summed E-state index contributed by atoms with van der Waals surface area (Å²) >= 11 is 6.46. The fourth-order valence-electron chi connectivity index (χ4n) is 4.60. The smallest absolute Gasteiger partial charge is 0.434 e. The van der Waals surface area contributed by atoms with Crippen LogP contribution in [0.1, 0.15) is 62.8 Å². The lowest BCUT2D eigenvalue weighted by Crippen LogP contribution is -2.18. The van der Waals surface area contributed by atoms with Crippen LogP contribution in [0.4, 0.5) is 4.79 Å². The molecule has 0 spiro atoms. The average molecular weight is 642 g/mol. The third-order valence-electron chi connectivity index (χ3n) is 6.89. The molecule has 2 aromatic heterocycles. The third kappa shape index (κ3) is 9.22. The summed E-state index contributed by atoms with van der Waals surface area (Å²) in [4.78, 5) is 32.2. The second-order valence-electron chi connectivity index (χ2n) is 10.1. The van der Waals surface area contributed by atoms with Gasteiger partial charge >= 0.3 is 6.16 Å². The predicted molar refractivity (Wildman–Crippen MR) is 164 cm³/mol. The summed E-state index contributed by atoms with van der Waals surface area (Å²) in [5.41, 5.74) is 4.59. The first-order valence-electron chi connectivity index (χ1n) is 14.6. The summed E-state index contributed by atoms with van der Waals surface area (Å²) < 4.78 is 17.8. The van der Waals surface area contributed by atoms with E-state index >= 15 is 0 Å². The molecule has 0 radical (unpaired) electrons. The zero-order valence-corrected chi connectivity index (χ0v) is 26.2. The van der Waals surface area contributed by atoms with Crippen LogP contribution in [0.5, 0.6) is 0 Å². The molecule has 2 heterocycles. The van der Waals surface area contributed by atoms with Crippen molar-refractivity contribution >= 4 is 17.8 Å². The van der Waals surface area contributed by atoms with Crippen LogP contribution in [-0.4, -0.2) is 61.3 Å². The molecule has 0 saturated carbocycles. The molecule has 14 nitrogen and oxygen atoms in total. The van der Waals surface area contributed by atoms with Crippen LogP contribution < -0.4 is 0 Å². The molecule has 4 rings (SSSR count). The van der Waals surface area contributed by atoms with Crippen LogP contribution >= 0.6 is 11.6 Å². The topological polar surface area (TPSA) is 159 Å². The van der Waals surface area contributed by atoms with E-state index in [1.54, 1.807) is 14.0 Å². The quantitative estimate of drug-likeness (QED) is 0.0571. The molecule has 0 aliphatic carbocycles. The lowest BCUT2D eigenvalue weighted by Gasteiger charge is -2.13. The first-order chi connectivity index (χ1) is 21.8. The van der Waals surface area contributed by atoms with Crippen molar-refractivity contribution in [1.29, 1.82) is 0 Å². The van der Waals surface area contributed by atoms with Gasteiger partial charge in [0.05, 0.1) is 25.5 Å². The first kappa shape index (κ1) is 33.3. The number of aryl methyl sites for hydroxylation is 1. The molecule has 0 aliphatic heterocycles. The molecule has 0 N–H and O–H groups in total. The van der Waals surface area contributed by atoms with Crippen molar-refractivity contribution in [3.63, 3.8) is 0 Å². The van der Waals surface area contributed by atoms with Crippen molar-refractivity contribution in [3.05, 3.63) is 80.9 Å². The van der Waals surface area contributed by atoms with Gasteiger partial charge in [0.1, 0.15) is 5.82 Å². The fraction of sp³-hybridized carbons (Fsp3) is 0.433. The minimum atomic E-state index is -0.915. The maximum absolute atomic E-state index is 12.1. The first-order valence-corrected chi connectivity index (χ1v) is 15.0. The van der Waals surface area contributed by atoms with Gasteiger partial charge in [-0.25, -0.2) is 9.78 Å². The monoisotopic (exact) mass is 641 g/mol. The van der Waals surface area contributed by atoms with E-state index in [1.807, 2.05) is 36.4 Å². The van der Waals surface area contributed by atoms with Gasteiger partial charge in [-0.2, -0.15) is 0 Å². The lowest BCUT2D eigenvalue weighted by atomic mass is 9.98. The van der Waals surface area contributed by atoms with E-state index in [-0.39, 0.29) is 13.2 Å². The molecule has 0 amide bonds. The number of benzene rings is 2. The summed E-state index contributed by atoms with van der Waals surface area (Å²) in [6.45, 7) is 4.68. The molecule has 0 bridgehead atoms. The summed E-state index contributed by atoms with van der Waals surface area (Å²) in [6.07, 6.45) is 1.86. The van der Waals surface area contributed by atoms with E-state index < -0.39 is 17.5 Å². The highest BCUT2D eigenvalue weighted by atomic mass is 35.5. The highest BCUT2D eigenvalue weighted by Crippen LogP contribution is 2.31. The van der Waals surface area contributed by atoms with E-state index in [9.17, 15) is 14.9 Å². The summed E-state index contributed by atoms with van der Waals surface area (Å²) in [7, 11) is 1.65. The van der Waals surface area contributed by atoms with Crippen molar-refractivity contribution in [2.24, 2.45) is 0 Å². The zero-order valence-electron chi connectivity index (χ0n) is 25.4. The number of hydrogen-bond acceptors (Lipinski definition) is 11. The average Bonchev–Trinajstić information content (AvgIpc) is 3.63. The highest BCUT2D eigenvalue weighted by Gasteiger charge is 2.19. The van der Waals surface area contributed by atoms with Gasteiger partial charge in [-0.3, -0.25) is 0 Å². The predicted octanol–water partition coefficient (Wildman–Crippen LogP) is 6.05. The Morgan fingerprint density at radius 3 is 2.51 bits per heavy atom. The molecule has 240 valence electrons. The Morgan fingerprint density at radius 1 is 1.07 bits per heavy atom. The number of halogens is 1. The number of methoxy groups -OCH3 is 1. The minimum Gasteiger partial charge on any atom is -0.434 e. The number of nitrogens with zero attached hydrogens (tertiary/aromatic N) is 7. The number of unbranched alkanes of at least 4 members (excludes halogenated alkanes) is 2. The van der Waals surface area contributed by atoms with E-state index in [0.717, 1.165) is 53.0 Å². The molecule has 1 atom stereocenters. The van der Waals surface area contributed by atoms with Gasteiger partial charge in [0.2, 0.25) is 12.1 Å². The maximum Gasteiger partial charge on any atom is 0.510 e. The van der Waals surface area contributed by atoms with E-state index in [1.165, 1.54) is 4.80 Å². The standard InChI is InChI=1S/C30H36ClN7O7/c1-4-5-12-27-32-28(31)26(20-42-3)36(27)19-22-13-15-23(16-14-22)24-10-6-7-11-25(24)29-33-35-37(34-29)21(2)45-30(39)43-17-8-9-18-44-38(40)41/h6-7,10-11,13-16,21H,4-5,8-9,12,17-20H2,1-3H3. The number of rotatable bonds is 17. The molecular formula is C30H36ClN7O7. The van der Waals surface area contributed by atoms with Crippen LogP contribution in [-0.2, 0) is 38.6 Å².